The van der Waals surface area contributed by atoms with Gasteiger partial charge < -0.3 is 28.6 Å². The van der Waals surface area contributed by atoms with Crippen molar-refractivity contribution in [1.82, 2.24) is 4.90 Å². The summed E-state index contributed by atoms with van der Waals surface area (Å²) in [6.07, 6.45) is 1.90. The van der Waals surface area contributed by atoms with E-state index in [-0.39, 0.29) is 0 Å². The molecule has 3 aromatic rings. The molecular formula is C23H28ClNO5. The minimum absolute atomic E-state index is 0.426. The standard InChI is InChI=1S/C23H28ClNO5/c1-25(2)12-14-30-22-19(18(26)10-7-15-5-8-16(24)9-6-15)20(27-3)17-11-13-29-21(17)23(22)28-4/h5-6,8-9,11,13,18,26H,7,10,12,14H2,1-4H3. The predicted molar refractivity (Wildman–Crippen MR) is 118 cm³/mol. The number of aryl methyl sites for hydroxylation is 1. The Morgan fingerprint density at radius 1 is 1.03 bits per heavy atom. The largest absolute Gasteiger partial charge is 0.495 e. The topological polar surface area (TPSA) is 64.3 Å². The Balaban J connectivity index is 1.99. The van der Waals surface area contributed by atoms with Gasteiger partial charge in [0.2, 0.25) is 5.75 Å². The minimum atomic E-state index is -0.821. The molecule has 0 saturated carbocycles. The van der Waals surface area contributed by atoms with Crippen LogP contribution in [0, 0.1) is 0 Å². The fraction of sp³-hybridized carbons (Fsp3) is 0.391. The molecule has 1 aromatic heterocycles. The molecule has 6 nitrogen and oxygen atoms in total. The van der Waals surface area contributed by atoms with Gasteiger partial charge in [-0.25, -0.2) is 0 Å². The monoisotopic (exact) mass is 433 g/mol. The van der Waals surface area contributed by atoms with E-state index in [1.807, 2.05) is 43.3 Å². The van der Waals surface area contributed by atoms with E-state index in [1.165, 1.54) is 0 Å². The van der Waals surface area contributed by atoms with Gasteiger partial charge >= 0.3 is 0 Å². The van der Waals surface area contributed by atoms with Crippen LogP contribution in [-0.4, -0.2) is 51.5 Å². The first-order chi connectivity index (χ1) is 14.5. The summed E-state index contributed by atoms with van der Waals surface area (Å²) in [6.45, 7) is 1.14. The normalized spacial score (nSPS) is 12.4. The van der Waals surface area contributed by atoms with E-state index >= 15 is 0 Å². The second-order valence-corrected chi connectivity index (χ2v) is 7.74. The van der Waals surface area contributed by atoms with E-state index in [2.05, 4.69) is 0 Å². The lowest BCUT2D eigenvalue weighted by atomic mass is 9.97. The molecule has 0 amide bonds. The van der Waals surface area contributed by atoms with E-state index in [1.54, 1.807) is 26.5 Å². The Bertz CT molecular complexity index is 968. The molecule has 3 rings (SSSR count). The molecule has 2 aromatic carbocycles. The number of hydrogen-bond acceptors (Lipinski definition) is 6. The Labute approximate surface area is 181 Å². The van der Waals surface area contributed by atoms with Crippen LogP contribution >= 0.6 is 11.6 Å². The third-order valence-corrected chi connectivity index (χ3v) is 5.21. The van der Waals surface area contributed by atoms with Crippen molar-refractivity contribution in [2.24, 2.45) is 0 Å². The summed E-state index contributed by atoms with van der Waals surface area (Å²) in [5.74, 6) is 1.43. The zero-order chi connectivity index (χ0) is 21.7. The number of ether oxygens (including phenoxy) is 3. The molecule has 1 heterocycles. The molecule has 0 radical (unpaired) electrons. The molecule has 0 fully saturated rings. The Kier molecular flexibility index (Phi) is 7.48. The van der Waals surface area contributed by atoms with Crippen LogP contribution in [0.2, 0.25) is 5.02 Å². The number of likely N-dealkylation sites (N-methyl/N-ethyl adjacent to an activating group) is 1. The van der Waals surface area contributed by atoms with E-state index in [4.69, 9.17) is 30.2 Å². The van der Waals surface area contributed by atoms with E-state index < -0.39 is 6.10 Å². The van der Waals surface area contributed by atoms with E-state index in [9.17, 15) is 5.11 Å². The maximum atomic E-state index is 11.2. The number of aliphatic hydroxyl groups excluding tert-OH is 1. The number of fused-ring (bicyclic) bond motifs is 1. The molecule has 0 saturated heterocycles. The number of methoxy groups -OCH3 is 2. The Morgan fingerprint density at radius 2 is 1.73 bits per heavy atom. The van der Waals surface area contributed by atoms with Gasteiger partial charge in [0.05, 0.1) is 37.5 Å². The first-order valence-electron chi connectivity index (χ1n) is 9.81. The van der Waals surface area contributed by atoms with Crippen molar-refractivity contribution in [2.45, 2.75) is 18.9 Å². The average Bonchev–Trinajstić information content (AvgIpc) is 3.21. The molecule has 0 aliphatic heterocycles. The Hall–Kier alpha value is -2.41. The third kappa shape index (κ3) is 4.83. The maximum absolute atomic E-state index is 11.2. The smallest absolute Gasteiger partial charge is 0.205 e. The fourth-order valence-corrected chi connectivity index (χ4v) is 3.54. The number of hydrogen-bond donors (Lipinski definition) is 1. The molecule has 0 aliphatic carbocycles. The van der Waals surface area contributed by atoms with Gasteiger partial charge in [0, 0.05) is 11.6 Å². The average molecular weight is 434 g/mol. The van der Waals surface area contributed by atoms with Crippen molar-refractivity contribution >= 4 is 22.6 Å². The van der Waals surface area contributed by atoms with E-state index in [0.29, 0.717) is 59.4 Å². The van der Waals surface area contributed by atoms with Crippen LogP contribution in [0.3, 0.4) is 0 Å². The van der Waals surface area contributed by atoms with Crippen molar-refractivity contribution in [2.75, 3.05) is 41.5 Å². The van der Waals surface area contributed by atoms with Gasteiger partial charge in [-0.1, -0.05) is 23.7 Å². The highest BCUT2D eigenvalue weighted by atomic mass is 35.5. The van der Waals surface area contributed by atoms with Gasteiger partial charge in [0.15, 0.2) is 11.3 Å². The number of aliphatic hydroxyl groups is 1. The maximum Gasteiger partial charge on any atom is 0.205 e. The van der Waals surface area contributed by atoms with Gasteiger partial charge in [0.1, 0.15) is 12.4 Å². The molecular weight excluding hydrogens is 406 g/mol. The molecule has 0 aliphatic rings. The quantitative estimate of drug-likeness (QED) is 0.499. The summed E-state index contributed by atoms with van der Waals surface area (Å²) in [5.41, 5.74) is 2.18. The number of nitrogens with zero attached hydrogens (tertiary/aromatic N) is 1. The van der Waals surface area contributed by atoms with Crippen molar-refractivity contribution in [3.05, 3.63) is 52.7 Å². The lowest BCUT2D eigenvalue weighted by Crippen LogP contribution is -2.20. The van der Waals surface area contributed by atoms with Gasteiger partial charge in [-0.15, -0.1) is 0 Å². The molecule has 0 spiro atoms. The molecule has 30 heavy (non-hydrogen) atoms. The lowest BCUT2D eigenvalue weighted by Gasteiger charge is -2.22. The first-order valence-corrected chi connectivity index (χ1v) is 10.2. The Morgan fingerprint density at radius 3 is 2.37 bits per heavy atom. The molecule has 1 N–H and O–H groups in total. The zero-order valence-electron chi connectivity index (χ0n) is 17.8. The van der Waals surface area contributed by atoms with Crippen LogP contribution in [0.1, 0.15) is 23.7 Å². The van der Waals surface area contributed by atoms with Gasteiger partial charge in [-0.2, -0.15) is 0 Å². The third-order valence-electron chi connectivity index (χ3n) is 4.96. The summed E-state index contributed by atoms with van der Waals surface area (Å²) in [4.78, 5) is 2.02. The number of halogens is 1. The number of benzene rings is 2. The molecule has 0 bridgehead atoms. The molecule has 162 valence electrons. The number of rotatable bonds is 10. The second kappa shape index (κ2) is 10.1. The van der Waals surface area contributed by atoms with Crippen LogP contribution in [0.15, 0.2) is 41.0 Å². The highest BCUT2D eigenvalue weighted by Crippen LogP contribution is 2.49. The van der Waals surface area contributed by atoms with Crippen molar-refractivity contribution < 1.29 is 23.7 Å². The molecule has 1 unspecified atom stereocenters. The highest BCUT2D eigenvalue weighted by Gasteiger charge is 2.28. The lowest BCUT2D eigenvalue weighted by molar-refractivity contribution is 0.155. The minimum Gasteiger partial charge on any atom is -0.495 e. The van der Waals surface area contributed by atoms with Crippen molar-refractivity contribution in [1.29, 1.82) is 0 Å². The summed E-state index contributed by atoms with van der Waals surface area (Å²) in [5, 5.41) is 12.6. The molecule has 7 heteroatoms. The fourth-order valence-electron chi connectivity index (χ4n) is 3.42. The van der Waals surface area contributed by atoms with Gasteiger partial charge in [-0.05, 0) is 50.7 Å². The second-order valence-electron chi connectivity index (χ2n) is 7.31. The first kappa shape index (κ1) is 22.3. The summed E-state index contributed by atoms with van der Waals surface area (Å²) in [6, 6.07) is 9.41. The highest BCUT2D eigenvalue weighted by molar-refractivity contribution is 6.30. The van der Waals surface area contributed by atoms with Crippen LogP contribution in [0.5, 0.6) is 17.2 Å². The van der Waals surface area contributed by atoms with Crippen LogP contribution in [-0.2, 0) is 6.42 Å². The SMILES string of the molecule is COc1c(C(O)CCc2ccc(Cl)cc2)c(OCCN(C)C)c(OC)c2occc12. The predicted octanol–water partition coefficient (Wildman–Crippen LogP) is 4.71. The van der Waals surface area contributed by atoms with Crippen LogP contribution in [0.25, 0.3) is 11.0 Å². The van der Waals surface area contributed by atoms with E-state index in [0.717, 1.165) is 10.9 Å². The summed E-state index contributed by atoms with van der Waals surface area (Å²) < 4.78 is 23.0. The zero-order valence-corrected chi connectivity index (χ0v) is 18.5. The molecule has 1 atom stereocenters. The van der Waals surface area contributed by atoms with Crippen molar-refractivity contribution in [3.8, 4) is 17.2 Å². The van der Waals surface area contributed by atoms with Gasteiger partial charge in [0.25, 0.3) is 0 Å². The van der Waals surface area contributed by atoms with Crippen molar-refractivity contribution in [3.63, 3.8) is 0 Å². The van der Waals surface area contributed by atoms with Gasteiger partial charge in [-0.3, -0.25) is 0 Å². The van der Waals surface area contributed by atoms with Crippen LogP contribution in [0.4, 0.5) is 0 Å². The number of furan rings is 1. The summed E-state index contributed by atoms with van der Waals surface area (Å²) >= 11 is 5.97. The summed E-state index contributed by atoms with van der Waals surface area (Å²) in [7, 11) is 7.08. The van der Waals surface area contributed by atoms with Crippen LogP contribution < -0.4 is 14.2 Å².